The summed E-state index contributed by atoms with van der Waals surface area (Å²) in [6, 6.07) is 6.60. The van der Waals surface area contributed by atoms with Crippen molar-refractivity contribution in [3.05, 3.63) is 28.2 Å². The Hall–Kier alpha value is 0.01000. The minimum absolute atomic E-state index is 0.649. The lowest BCUT2D eigenvalue weighted by atomic mass is 10.2. The standard InChI is InChI=1S/C15H24BrNS/c1-5-8-17-10-13-9-14(16)6-7-15(13)18-12(4)11(2)3/h6-7,9,11-12,17H,5,8,10H2,1-4H3. The van der Waals surface area contributed by atoms with Gasteiger partial charge in [-0.2, -0.15) is 0 Å². The van der Waals surface area contributed by atoms with Gasteiger partial charge in [0.15, 0.2) is 0 Å². The molecule has 0 aliphatic heterocycles. The van der Waals surface area contributed by atoms with Gasteiger partial charge in [-0.15, -0.1) is 11.8 Å². The van der Waals surface area contributed by atoms with Gasteiger partial charge in [0.1, 0.15) is 0 Å². The van der Waals surface area contributed by atoms with Gasteiger partial charge in [-0.25, -0.2) is 0 Å². The SMILES string of the molecule is CCCNCc1cc(Br)ccc1SC(C)C(C)C. The van der Waals surface area contributed by atoms with Crippen LogP contribution in [0.15, 0.2) is 27.6 Å². The molecular formula is C15H24BrNS. The monoisotopic (exact) mass is 329 g/mol. The predicted octanol–water partition coefficient (Wildman–Crippen LogP) is 5.09. The van der Waals surface area contributed by atoms with E-state index in [1.807, 2.05) is 11.8 Å². The minimum Gasteiger partial charge on any atom is -0.313 e. The Morgan fingerprint density at radius 2 is 2.00 bits per heavy atom. The van der Waals surface area contributed by atoms with Crippen molar-refractivity contribution in [3.8, 4) is 0 Å². The zero-order valence-electron chi connectivity index (χ0n) is 11.8. The summed E-state index contributed by atoms with van der Waals surface area (Å²) in [5.74, 6) is 0.704. The Labute approximate surface area is 124 Å². The fourth-order valence-corrected chi connectivity index (χ4v) is 3.05. The smallest absolute Gasteiger partial charge is 0.0217 e. The molecule has 1 aromatic rings. The van der Waals surface area contributed by atoms with E-state index in [4.69, 9.17) is 0 Å². The highest BCUT2D eigenvalue weighted by molar-refractivity contribution is 9.10. The van der Waals surface area contributed by atoms with Crippen molar-refractivity contribution in [1.82, 2.24) is 5.32 Å². The number of benzene rings is 1. The van der Waals surface area contributed by atoms with Crippen molar-refractivity contribution in [2.24, 2.45) is 5.92 Å². The van der Waals surface area contributed by atoms with Gasteiger partial charge < -0.3 is 5.32 Å². The van der Waals surface area contributed by atoms with Crippen LogP contribution in [0, 0.1) is 5.92 Å². The quantitative estimate of drug-likeness (QED) is 0.552. The summed E-state index contributed by atoms with van der Waals surface area (Å²) in [7, 11) is 0. The maximum atomic E-state index is 3.56. The van der Waals surface area contributed by atoms with Gasteiger partial charge in [0, 0.05) is 21.2 Å². The summed E-state index contributed by atoms with van der Waals surface area (Å²) in [4.78, 5) is 1.41. The molecule has 0 spiro atoms. The molecule has 0 radical (unpaired) electrons. The Morgan fingerprint density at radius 1 is 1.28 bits per heavy atom. The topological polar surface area (TPSA) is 12.0 Å². The van der Waals surface area contributed by atoms with Gasteiger partial charge in [0.05, 0.1) is 0 Å². The molecule has 1 unspecified atom stereocenters. The molecule has 0 aliphatic carbocycles. The third-order valence-electron chi connectivity index (χ3n) is 3.02. The van der Waals surface area contributed by atoms with E-state index in [9.17, 15) is 0 Å². The fraction of sp³-hybridized carbons (Fsp3) is 0.600. The van der Waals surface area contributed by atoms with Gasteiger partial charge in [-0.05, 0) is 42.6 Å². The van der Waals surface area contributed by atoms with Crippen LogP contribution in [0.5, 0.6) is 0 Å². The average molecular weight is 330 g/mol. The fourth-order valence-electron chi connectivity index (χ4n) is 1.54. The largest absolute Gasteiger partial charge is 0.313 e. The summed E-state index contributed by atoms with van der Waals surface area (Å²) < 4.78 is 1.16. The first-order chi connectivity index (χ1) is 8.54. The molecule has 0 bridgehead atoms. The van der Waals surface area contributed by atoms with Crippen LogP contribution in [0.4, 0.5) is 0 Å². The Bertz CT molecular complexity index is 366. The van der Waals surface area contributed by atoms with Crippen LogP contribution in [0.1, 0.15) is 39.7 Å². The molecule has 0 heterocycles. The molecule has 102 valence electrons. The molecule has 1 atom stereocenters. The van der Waals surface area contributed by atoms with Crippen LogP contribution in [0.25, 0.3) is 0 Å². The van der Waals surface area contributed by atoms with Crippen molar-refractivity contribution in [1.29, 1.82) is 0 Å². The first kappa shape index (κ1) is 16.1. The van der Waals surface area contributed by atoms with Crippen molar-refractivity contribution in [2.45, 2.75) is 50.8 Å². The molecule has 3 heteroatoms. The molecule has 1 nitrogen and oxygen atoms in total. The van der Waals surface area contributed by atoms with Crippen molar-refractivity contribution in [3.63, 3.8) is 0 Å². The summed E-state index contributed by atoms with van der Waals surface area (Å²) >= 11 is 5.55. The molecule has 1 rings (SSSR count). The zero-order valence-corrected chi connectivity index (χ0v) is 14.2. The second kappa shape index (κ2) is 8.23. The average Bonchev–Trinajstić information content (AvgIpc) is 2.32. The van der Waals surface area contributed by atoms with Crippen molar-refractivity contribution in [2.75, 3.05) is 6.54 Å². The molecule has 0 fully saturated rings. The molecular weight excluding hydrogens is 306 g/mol. The molecule has 0 saturated carbocycles. The number of hydrogen-bond acceptors (Lipinski definition) is 2. The van der Waals surface area contributed by atoms with Crippen molar-refractivity contribution >= 4 is 27.7 Å². The highest BCUT2D eigenvalue weighted by Gasteiger charge is 2.11. The predicted molar refractivity (Wildman–Crippen MR) is 86.3 cm³/mol. The molecule has 1 N–H and O–H groups in total. The summed E-state index contributed by atoms with van der Waals surface area (Å²) in [5, 5.41) is 4.14. The summed E-state index contributed by atoms with van der Waals surface area (Å²) in [6.07, 6.45) is 1.18. The van der Waals surface area contributed by atoms with Crippen LogP contribution < -0.4 is 5.32 Å². The van der Waals surface area contributed by atoms with Gasteiger partial charge in [-0.1, -0.05) is 43.6 Å². The van der Waals surface area contributed by atoms with E-state index in [0.29, 0.717) is 11.2 Å². The maximum absolute atomic E-state index is 3.56. The van der Waals surface area contributed by atoms with E-state index in [-0.39, 0.29) is 0 Å². The summed E-state index contributed by atoms with van der Waals surface area (Å²) in [5.41, 5.74) is 1.40. The van der Waals surface area contributed by atoms with Crippen LogP contribution in [-0.4, -0.2) is 11.8 Å². The van der Waals surface area contributed by atoms with Gasteiger partial charge >= 0.3 is 0 Å². The Kier molecular flexibility index (Phi) is 7.35. The third-order valence-corrected chi connectivity index (χ3v) is 5.08. The number of nitrogens with one attached hydrogen (secondary N) is 1. The molecule has 0 saturated heterocycles. The van der Waals surface area contributed by atoms with Crippen LogP contribution in [-0.2, 0) is 6.54 Å². The van der Waals surface area contributed by atoms with E-state index >= 15 is 0 Å². The molecule has 0 aliphatic rings. The molecule has 0 amide bonds. The van der Waals surface area contributed by atoms with Crippen LogP contribution in [0.3, 0.4) is 0 Å². The number of thioether (sulfide) groups is 1. The Balaban J connectivity index is 2.75. The highest BCUT2D eigenvalue weighted by atomic mass is 79.9. The van der Waals surface area contributed by atoms with Gasteiger partial charge in [-0.3, -0.25) is 0 Å². The number of hydrogen-bond donors (Lipinski definition) is 1. The van der Waals surface area contributed by atoms with E-state index in [1.54, 1.807) is 0 Å². The van der Waals surface area contributed by atoms with Crippen molar-refractivity contribution < 1.29 is 0 Å². The van der Waals surface area contributed by atoms with Crippen LogP contribution >= 0.6 is 27.7 Å². The maximum Gasteiger partial charge on any atom is 0.0217 e. The number of rotatable bonds is 7. The van der Waals surface area contributed by atoms with E-state index in [0.717, 1.165) is 17.6 Å². The first-order valence-electron chi connectivity index (χ1n) is 6.70. The Morgan fingerprint density at radius 3 is 2.61 bits per heavy atom. The van der Waals surface area contributed by atoms with Gasteiger partial charge in [0.25, 0.3) is 0 Å². The second-order valence-electron chi connectivity index (χ2n) is 5.00. The molecule has 0 aromatic heterocycles. The van der Waals surface area contributed by atoms with E-state index in [2.05, 4.69) is 67.1 Å². The van der Waals surface area contributed by atoms with Crippen LogP contribution in [0.2, 0.25) is 0 Å². The minimum atomic E-state index is 0.649. The van der Waals surface area contributed by atoms with E-state index in [1.165, 1.54) is 16.9 Å². The first-order valence-corrected chi connectivity index (χ1v) is 8.37. The lowest BCUT2D eigenvalue weighted by molar-refractivity contribution is 0.640. The number of halogens is 1. The lowest BCUT2D eigenvalue weighted by Gasteiger charge is -2.18. The normalized spacial score (nSPS) is 13.0. The summed E-state index contributed by atoms with van der Waals surface area (Å²) in [6.45, 7) is 11.1. The molecule has 1 aromatic carbocycles. The second-order valence-corrected chi connectivity index (χ2v) is 7.33. The lowest BCUT2D eigenvalue weighted by Crippen LogP contribution is -2.15. The highest BCUT2D eigenvalue weighted by Crippen LogP contribution is 2.32. The third kappa shape index (κ3) is 5.33. The zero-order chi connectivity index (χ0) is 13.5. The van der Waals surface area contributed by atoms with E-state index < -0.39 is 0 Å². The van der Waals surface area contributed by atoms with Gasteiger partial charge in [0.2, 0.25) is 0 Å². The molecule has 18 heavy (non-hydrogen) atoms.